The van der Waals surface area contributed by atoms with Gasteiger partial charge in [0, 0.05) is 32.7 Å². The summed E-state index contributed by atoms with van der Waals surface area (Å²) in [6.07, 6.45) is 8.82. The van der Waals surface area contributed by atoms with Crippen molar-refractivity contribution < 1.29 is 18.9 Å². The van der Waals surface area contributed by atoms with Crippen molar-refractivity contribution in [2.75, 3.05) is 34.1 Å². The third-order valence-electron chi connectivity index (χ3n) is 8.16. The third kappa shape index (κ3) is 2.78. The first-order chi connectivity index (χ1) is 12.3. The van der Waals surface area contributed by atoms with E-state index in [1.165, 1.54) is 51.6 Å². The van der Waals surface area contributed by atoms with Crippen LogP contribution in [-0.2, 0) is 18.9 Å². The van der Waals surface area contributed by atoms with Crippen LogP contribution in [0.2, 0.25) is 0 Å². The number of fused-ring (bicyclic) bond motifs is 6. The normalized spacial score (nSPS) is 52.8. The molecule has 0 bridgehead atoms. The monoisotopic (exact) mass is 351 g/mol. The first-order valence-corrected chi connectivity index (χ1v) is 10.3. The van der Waals surface area contributed by atoms with E-state index in [9.17, 15) is 0 Å². The number of piperidine rings is 2. The minimum absolute atomic E-state index is 0.270. The van der Waals surface area contributed by atoms with Gasteiger partial charge < -0.3 is 18.9 Å². The standard InChI is InChI=1S/C20H33NO4/c1-22-18-8-13-5-6-21-10-15-12(3-4-17-20(15)25-11-24-17)7-16(21)14(13)9-19(18)23-2/h12-20H,3-11H2,1-2H3. The van der Waals surface area contributed by atoms with Crippen LogP contribution in [0, 0.1) is 23.7 Å². The summed E-state index contributed by atoms with van der Waals surface area (Å²) in [7, 11) is 3.70. The number of rotatable bonds is 2. The summed E-state index contributed by atoms with van der Waals surface area (Å²) in [6.45, 7) is 2.98. The lowest BCUT2D eigenvalue weighted by molar-refractivity contribution is -0.136. The second-order valence-corrected chi connectivity index (χ2v) is 8.99. The zero-order valence-electron chi connectivity index (χ0n) is 15.6. The number of hydrogen-bond acceptors (Lipinski definition) is 5. The van der Waals surface area contributed by atoms with Crippen molar-refractivity contribution in [2.24, 2.45) is 23.7 Å². The van der Waals surface area contributed by atoms with Crippen molar-refractivity contribution >= 4 is 0 Å². The molecule has 5 nitrogen and oxygen atoms in total. The van der Waals surface area contributed by atoms with Gasteiger partial charge in [-0.3, -0.25) is 4.90 Å². The van der Waals surface area contributed by atoms with Gasteiger partial charge in [0.1, 0.15) is 6.79 Å². The van der Waals surface area contributed by atoms with E-state index in [4.69, 9.17) is 18.9 Å². The summed E-state index contributed by atoms with van der Waals surface area (Å²) in [5, 5.41) is 0. The Bertz CT molecular complexity index is 488. The Morgan fingerprint density at radius 2 is 1.64 bits per heavy atom. The molecular formula is C20H33NO4. The summed E-state index contributed by atoms with van der Waals surface area (Å²) in [5.41, 5.74) is 0. The second kappa shape index (κ2) is 6.75. The molecule has 3 saturated heterocycles. The van der Waals surface area contributed by atoms with E-state index in [-0.39, 0.29) is 12.2 Å². The van der Waals surface area contributed by atoms with Crippen LogP contribution in [0.5, 0.6) is 0 Å². The van der Waals surface area contributed by atoms with Crippen LogP contribution in [-0.4, -0.2) is 69.5 Å². The molecule has 0 radical (unpaired) electrons. The smallest absolute Gasteiger partial charge is 0.147 e. The number of nitrogens with zero attached hydrogens (tertiary/aromatic N) is 1. The minimum Gasteiger partial charge on any atom is -0.379 e. The van der Waals surface area contributed by atoms with E-state index in [0.717, 1.165) is 23.8 Å². The molecule has 5 aliphatic rings. The van der Waals surface area contributed by atoms with Gasteiger partial charge in [0.2, 0.25) is 0 Å². The van der Waals surface area contributed by atoms with E-state index in [2.05, 4.69) is 4.90 Å². The summed E-state index contributed by atoms with van der Waals surface area (Å²) >= 11 is 0. The molecule has 25 heavy (non-hydrogen) atoms. The van der Waals surface area contributed by atoms with Crippen molar-refractivity contribution in [3.63, 3.8) is 0 Å². The molecule has 5 rings (SSSR count). The second-order valence-electron chi connectivity index (χ2n) is 8.99. The van der Waals surface area contributed by atoms with Crippen LogP contribution in [0.1, 0.15) is 38.5 Å². The SMILES string of the molecule is COC1CC2CCN3CC4C(CCC5OCOC54)CC3C2CC1OC. The van der Waals surface area contributed by atoms with Gasteiger partial charge in [-0.1, -0.05) is 0 Å². The van der Waals surface area contributed by atoms with E-state index >= 15 is 0 Å². The lowest BCUT2D eigenvalue weighted by Crippen LogP contribution is -2.61. The molecule has 5 heteroatoms. The van der Waals surface area contributed by atoms with Crippen molar-refractivity contribution in [3.8, 4) is 0 Å². The fourth-order valence-corrected chi connectivity index (χ4v) is 6.90. The van der Waals surface area contributed by atoms with Gasteiger partial charge in [-0.2, -0.15) is 0 Å². The van der Waals surface area contributed by atoms with Crippen molar-refractivity contribution in [1.29, 1.82) is 0 Å². The highest BCUT2D eigenvalue weighted by Crippen LogP contribution is 2.50. The molecular weight excluding hydrogens is 318 g/mol. The summed E-state index contributed by atoms with van der Waals surface area (Å²) in [6, 6.07) is 0.745. The molecule has 2 aliphatic carbocycles. The molecule has 3 heterocycles. The predicted octanol–water partition coefficient (Wildman–Crippen LogP) is 2.29. The van der Waals surface area contributed by atoms with Crippen molar-refractivity contribution in [2.45, 2.75) is 69.0 Å². The predicted molar refractivity (Wildman–Crippen MR) is 93.2 cm³/mol. The molecule has 9 atom stereocenters. The van der Waals surface area contributed by atoms with Gasteiger partial charge in [0.15, 0.2) is 0 Å². The zero-order valence-corrected chi connectivity index (χ0v) is 15.6. The molecule has 0 aromatic carbocycles. The topological polar surface area (TPSA) is 40.2 Å². The fraction of sp³-hybridized carbons (Fsp3) is 1.00. The van der Waals surface area contributed by atoms with Crippen molar-refractivity contribution in [1.82, 2.24) is 4.90 Å². The molecule has 0 aromatic heterocycles. The van der Waals surface area contributed by atoms with Crippen LogP contribution in [0.25, 0.3) is 0 Å². The van der Waals surface area contributed by atoms with Gasteiger partial charge >= 0.3 is 0 Å². The highest BCUT2D eigenvalue weighted by Gasteiger charge is 2.53. The number of hydrogen-bond donors (Lipinski definition) is 0. The molecule has 0 N–H and O–H groups in total. The summed E-state index contributed by atoms with van der Waals surface area (Å²) in [5.74, 6) is 3.10. The molecule has 0 spiro atoms. The number of methoxy groups -OCH3 is 2. The third-order valence-corrected chi connectivity index (χ3v) is 8.16. The summed E-state index contributed by atoms with van der Waals surface area (Å²) in [4.78, 5) is 2.80. The minimum atomic E-state index is 0.270. The van der Waals surface area contributed by atoms with Crippen LogP contribution >= 0.6 is 0 Å². The van der Waals surface area contributed by atoms with Crippen LogP contribution in [0.3, 0.4) is 0 Å². The Labute approximate surface area is 151 Å². The highest BCUT2D eigenvalue weighted by molar-refractivity contribution is 5.04. The molecule has 3 aliphatic heterocycles. The van der Waals surface area contributed by atoms with Crippen molar-refractivity contribution in [3.05, 3.63) is 0 Å². The lowest BCUT2D eigenvalue weighted by atomic mass is 9.62. The van der Waals surface area contributed by atoms with Gasteiger partial charge in [-0.25, -0.2) is 0 Å². The molecule has 5 fully saturated rings. The zero-order chi connectivity index (χ0) is 17.0. The van der Waals surface area contributed by atoms with Gasteiger partial charge in [0.25, 0.3) is 0 Å². The average molecular weight is 351 g/mol. The maximum Gasteiger partial charge on any atom is 0.147 e. The maximum absolute atomic E-state index is 5.99. The van der Waals surface area contributed by atoms with E-state index in [1.54, 1.807) is 0 Å². The first kappa shape index (κ1) is 16.9. The molecule has 0 amide bonds. The Kier molecular flexibility index (Phi) is 4.58. The fourth-order valence-electron chi connectivity index (χ4n) is 6.90. The number of ether oxygens (including phenoxy) is 4. The molecule has 9 unspecified atom stereocenters. The van der Waals surface area contributed by atoms with Gasteiger partial charge in [0.05, 0.1) is 24.4 Å². The summed E-state index contributed by atoms with van der Waals surface area (Å²) < 4.78 is 23.4. The van der Waals surface area contributed by atoms with Crippen LogP contribution in [0.4, 0.5) is 0 Å². The van der Waals surface area contributed by atoms with E-state index < -0.39 is 0 Å². The molecule has 0 aromatic rings. The van der Waals surface area contributed by atoms with Crippen LogP contribution < -0.4 is 0 Å². The van der Waals surface area contributed by atoms with Gasteiger partial charge in [-0.05, 0) is 62.8 Å². The Morgan fingerprint density at radius 3 is 2.48 bits per heavy atom. The van der Waals surface area contributed by atoms with Crippen LogP contribution in [0.15, 0.2) is 0 Å². The maximum atomic E-state index is 5.99. The largest absolute Gasteiger partial charge is 0.379 e. The van der Waals surface area contributed by atoms with Gasteiger partial charge in [-0.15, -0.1) is 0 Å². The average Bonchev–Trinajstić information content (AvgIpc) is 3.14. The highest BCUT2D eigenvalue weighted by atomic mass is 16.7. The Hall–Kier alpha value is -0.200. The van der Waals surface area contributed by atoms with E-state index in [0.29, 0.717) is 24.9 Å². The first-order valence-electron chi connectivity index (χ1n) is 10.3. The Balaban J connectivity index is 1.33. The Morgan fingerprint density at radius 1 is 0.840 bits per heavy atom. The van der Waals surface area contributed by atoms with E-state index in [1.807, 2.05) is 14.2 Å². The molecule has 142 valence electrons. The lowest BCUT2D eigenvalue weighted by Gasteiger charge is -2.57. The quantitative estimate of drug-likeness (QED) is 0.763. The molecule has 2 saturated carbocycles.